The van der Waals surface area contributed by atoms with E-state index in [9.17, 15) is 4.79 Å². The van der Waals surface area contributed by atoms with Gasteiger partial charge in [-0.25, -0.2) is 0 Å². The summed E-state index contributed by atoms with van der Waals surface area (Å²) >= 11 is 0. The lowest BCUT2D eigenvalue weighted by Crippen LogP contribution is -2.42. The highest BCUT2D eigenvalue weighted by atomic mass is 16.5. The van der Waals surface area contributed by atoms with Crippen LogP contribution >= 0.6 is 0 Å². The van der Waals surface area contributed by atoms with Crippen LogP contribution in [0.3, 0.4) is 0 Å². The van der Waals surface area contributed by atoms with E-state index in [2.05, 4.69) is 57.3 Å². The summed E-state index contributed by atoms with van der Waals surface area (Å²) in [4.78, 5) is 18.4. The molecule has 6 heteroatoms. The molecule has 0 unspecified atom stereocenters. The molecule has 1 amide bonds. The van der Waals surface area contributed by atoms with Crippen molar-refractivity contribution in [1.82, 2.24) is 19.8 Å². The van der Waals surface area contributed by atoms with Gasteiger partial charge < -0.3 is 19.5 Å². The fourth-order valence-electron chi connectivity index (χ4n) is 3.74. The van der Waals surface area contributed by atoms with Crippen LogP contribution in [0, 0.1) is 0 Å². The fourth-order valence-corrected chi connectivity index (χ4v) is 3.74. The zero-order chi connectivity index (χ0) is 19.3. The van der Waals surface area contributed by atoms with Crippen molar-refractivity contribution < 1.29 is 9.53 Å². The Balaban J connectivity index is 1.23. The molecule has 1 aromatic carbocycles. The van der Waals surface area contributed by atoms with E-state index in [-0.39, 0.29) is 12.0 Å². The Morgan fingerprint density at radius 3 is 2.75 bits per heavy atom. The number of aromatic nitrogens is 2. The van der Waals surface area contributed by atoms with Gasteiger partial charge in [0.1, 0.15) is 11.9 Å². The number of carbonyl (C=O) groups excluding carboxylic acids is 1. The molecule has 1 aliphatic heterocycles. The maximum Gasteiger partial charge on any atom is 0.251 e. The number of hydrogen-bond acceptors (Lipinski definition) is 4. The van der Waals surface area contributed by atoms with Crippen molar-refractivity contribution >= 4 is 16.8 Å². The first-order valence-corrected chi connectivity index (χ1v) is 9.82. The molecule has 3 aromatic rings. The van der Waals surface area contributed by atoms with Gasteiger partial charge >= 0.3 is 0 Å². The molecule has 28 heavy (non-hydrogen) atoms. The summed E-state index contributed by atoms with van der Waals surface area (Å²) in [7, 11) is 2.05. The lowest BCUT2D eigenvalue weighted by molar-refractivity contribution is 0.0908. The average molecular weight is 378 g/mol. The van der Waals surface area contributed by atoms with Gasteiger partial charge in [0.05, 0.1) is 5.52 Å². The molecule has 2 aromatic heterocycles. The molecule has 146 valence electrons. The Morgan fingerprint density at radius 2 is 1.96 bits per heavy atom. The molecule has 3 heterocycles. The quantitative estimate of drug-likeness (QED) is 0.717. The van der Waals surface area contributed by atoms with Crippen LogP contribution in [-0.2, 0) is 7.05 Å². The van der Waals surface area contributed by atoms with Crippen molar-refractivity contribution in [2.75, 3.05) is 26.2 Å². The molecule has 0 bridgehead atoms. The van der Waals surface area contributed by atoms with E-state index in [1.54, 1.807) is 24.5 Å². The topological polar surface area (TPSA) is 59.4 Å². The molecule has 0 spiro atoms. The number of ether oxygens (including phenoxy) is 1. The maximum absolute atomic E-state index is 12.1. The van der Waals surface area contributed by atoms with Crippen molar-refractivity contribution in [3.05, 3.63) is 60.6 Å². The van der Waals surface area contributed by atoms with Crippen LogP contribution in [0.5, 0.6) is 5.75 Å². The summed E-state index contributed by atoms with van der Waals surface area (Å²) < 4.78 is 8.43. The summed E-state index contributed by atoms with van der Waals surface area (Å²) in [5, 5.41) is 4.15. The molecule has 4 rings (SSSR count). The van der Waals surface area contributed by atoms with Crippen LogP contribution in [0.25, 0.3) is 10.9 Å². The number of rotatable bonds is 6. The van der Waals surface area contributed by atoms with Gasteiger partial charge in [-0.3, -0.25) is 9.78 Å². The number of carbonyl (C=O) groups is 1. The number of piperidine rings is 1. The highest BCUT2D eigenvalue weighted by molar-refractivity contribution is 5.93. The summed E-state index contributed by atoms with van der Waals surface area (Å²) in [6, 6.07) is 11.8. The van der Waals surface area contributed by atoms with E-state index in [4.69, 9.17) is 4.74 Å². The molecule has 0 atom stereocenters. The number of likely N-dealkylation sites (tertiary alicyclic amines) is 1. The van der Waals surface area contributed by atoms with E-state index in [1.807, 2.05) is 0 Å². The molecule has 1 fully saturated rings. The normalized spacial score (nSPS) is 15.6. The molecule has 0 radical (unpaired) electrons. The van der Waals surface area contributed by atoms with Crippen LogP contribution in [0.4, 0.5) is 0 Å². The van der Waals surface area contributed by atoms with Gasteiger partial charge in [0.2, 0.25) is 0 Å². The second-order valence-electron chi connectivity index (χ2n) is 7.27. The fraction of sp³-hybridized carbons (Fsp3) is 0.364. The number of pyridine rings is 1. The third kappa shape index (κ3) is 4.17. The predicted molar refractivity (Wildman–Crippen MR) is 110 cm³/mol. The van der Waals surface area contributed by atoms with E-state index in [0.717, 1.165) is 38.2 Å². The largest absolute Gasteiger partial charge is 0.490 e. The standard InChI is InChI=1S/C22H26N4O2/c1-25-13-9-19-20(25)3-2-4-21(19)28-18-7-14-26(15-8-18)16-12-24-22(27)17-5-10-23-11-6-17/h2-6,9-11,13,18H,7-8,12,14-16H2,1H3,(H,24,27). The van der Waals surface area contributed by atoms with Crippen LogP contribution in [-0.4, -0.2) is 52.6 Å². The van der Waals surface area contributed by atoms with Crippen LogP contribution in [0.2, 0.25) is 0 Å². The second-order valence-corrected chi connectivity index (χ2v) is 7.27. The van der Waals surface area contributed by atoms with Crippen LogP contribution in [0.1, 0.15) is 23.2 Å². The minimum Gasteiger partial charge on any atom is -0.490 e. The number of fused-ring (bicyclic) bond motifs is 1. The SMILES string of the molecule is Cn1ccc2c(OC3CCN(CCNC(=O)c4ccncc4)CC3)cccc21. The molecule has 6 nitrogen and oxygen atoms in total. The molecule has 0 saturated carbocycles. The van der Waals surface area contributed by atoms with Gasteiger partial charge in [0, 0.05) is 62.8 Å². The van der Waals surface area contributed by atoms with Crippen molar-refractivity contribution in [3.8, 4) is 5.75 Å². The van der Waals surface area contributed by atoms with E-state index < -0.39 is 0 Å². The van der Waals surface area contributed by atoms with Crippen LogP contribution < -0.4 is 10.1 Å². The van der Waals surface area contributed by atoms with Crippen molar-refractivity contribution in [1.29, 1.82) is 0 Å². The summed E-state index contributed by atoms with van der Waals surface area (Å²) in [5.74, 6) is 0.928. The Labute approximate surface area is 165 Å². The molecular formula is C22H26N4O2. The number of aryl methyl sites for hydroxylation is 1. The maximum atomic E-state index is 12.1. The first-order valence-electron chi connectivity index (χ1n) is 9.82. The van der Waals surface area contributed by atoms with Gasteiger partial charge in [0.15, 0.2) is 0 Å². The lowest BCUT2D eigenvalue weighted by Gasteiger charge is -2.32. The van der Waals surface area contributed by atoms with Gasteiger partial charge in [-0.15, -0.1) is 0 Å². The van der Waals surface area contributed by atoms with Crippen LogP contribution in [0.15, 0.2) is 55.0 Å². The van der Waals surface area contributed by atoms with Gasteiger partial charge in [-0.1, -0.05) is 6.07 Å². The molecule has 1 aliphatic rings. The van der Waals surface area contributed by atoms with Crippen molar-refractivity contribution in [2.45, 2.75) is 18.9 Å². The second kappa shape index (κ2) is 8.44. The third-order valence-corrected chi connectivity index (χ3v) is 5.37. The van der Waals surface area contributed by atoms with Crippen molar-refractivity contribution in [2.24, 2.45) is 7.05 Å². The monoisotopic (exact) mass is 378 g/mol. The predicted octanol–water partition coefficient (Wildman–Crippen LogP) is 2.85. The first kappa shape index (κ1) is 18.5. The van der Waals surface area contributed by atoms with Crippen molar-refractivity contribution in [3.63, 3.8) is 0 Å². The third-order valence-electron chi connectivity index (χ3n) is 5.37. The Bertz CT molecular complexity index is 930. The number of hydrogen-bond donors (Lipinski definition) is 1. The Hall–Kier alpha value is -2.86. The molecular weight excluding hydrogens is 352 g/mol. The van der Waals surface area contributed by atoms with E-state index >= 15 is 0 Å². The summed E-state index contributed by atoms with van der Waals surface area (Å²) in [6.07, 6.45) is 7.59. The Kier molecular flexibility index (Phi) is 5.58. The number of amides is 1. The number of nitrogens with zero attached hydrogens (tertiary/aromatic N) is 3. The minimum atomic E-state index is -0.0448. The van der Waals surface area contributed by atoms with E-state index in [1.165, 1.54) is 10.9 Å². The first-order chi connectivity index (χ1) is 13.7. The van der Waals surface area contributed by atoms with Gasteiger partial charge in [-0.05, 0) is 43.2 Å². The van der Waals surface area contributed by atoms with Gasteiger partial charge in [-0.2, -0.15) is 0 Å². The Morgan fingerprint density at radius 1 is 1.18 bits per heavy atom. The summed E-state index contributed by atoms with van der Waals surface area (Å²) in [5.41, 5.74) is 1.84. The van der Waals surface area contributed by atoms with Gasteiger partial charge in [0.25, 0.3) is 5.91 Å². The number of nitrogens with one attached hydrogen (secondary N) is 1. The molecule has 1 N–H and O–H groups in total. The molecule has 0 aliphatic carbocycles. The lowest BCUT2D eigenvalue weighted by atomic mass is 10.1. The zero-order valence-electron chi connectivity index (χ0n) is 16.2. The molecule has 1 saturated heterocycles. The summed E-state index contributed by atoms with van der Waals surface area (Å²) in [6.45, 7) is 3.48. The highest BCUT2D eigenvalue weighted by Crippen LogP contribution is 2.28. The highest BCUT2D eigenvalue weighted by Gasteiger charge is 2.21. The zero-order valence-corrected chi connectivity index (χ0v) is 16.2. The van der Waals surface area contributed by atoms with E-state index in [0.29, 0.717) is 12.1 Å². The minimum absolute atomic E-state index is 0.0448. The smallest absolute Gasteiger partial charge is 0.251 e. The average Bonchev–Trinajstić information content (AvgIpc) is 3.12. The number of benzene rings is 1.